The van der Waals surface area contributed by atoms with Crippen molar-refractivity contribution in [2.24, 2.45) is 5.41 Å². The zero-order chi connectivity index (χ0) is 18.3. The number of rotatable bonds is 4. The maximum Gasteiger partial charge on any atom is 0.156 e. The van der Waals surface area contributed by atoms with Crippen molar-refractivity contribution >= 4 is 26.6 Å². The molecule has 3 heterocycles. The molecule has 0 radical (unpaired) electrons. The molecule has 4 aliphatic carbocycles. The van der Waals surface area contributed by atoms with Gasteiger partial charge in [0.25, 0.3) is 0 Å². The van der Waals surface area contributed by atoms with Crippen molar-refractivity contribution < 1.29 is 8.42 Å². The highest BCUT2D eigenvalue weighted by Gasteiger charge is 2.53. The van der Waals surface area contributed by atoms with Crippen LogP contribution < -0.4 is 0 Å². The van der Waals surface area contributed by atoms with Gasteiger partial charge in [0.05, 0.1) is 22.7 Å². The Balaban J connectivity index is 1.37. The molecule has 6 nitrogen and oxygen atoms in total. The molecule has 7 heteroatoms. The summed E-state index contributed by atoms with van der Waals surface area (Å²) < 4.78 is 27.5. The molecule has 0 amide bonds. The Morgan fingerprint density at radius 3 is 2.52 bits per heavy atom. The summed E-state index contributed by atoms with van der Waals surface area (Å²) in [6.45, 7) is 0. The number of sulfone groups is 1. The van der Waals surface area contributed by atoms with E-state index in [1.165, 1.54) is 5.69 Å². The van der Waals surface area contributed by atoms with E-state index in [0.29, 0.717) is 5.75 Å². The lowest BCUT2D eigenvalue weighted by Gasteiger charge is -2.53. The molecule has 3 aromatic rings. The highest BCUT2D eigenvalue weighted by molar-refractivity contribution is 7.92. The van der Waals surface area contributed by atoms with E-state index in [1.807, 2.05) is 18.6 Å². The third-order valence-electron chi connectivity index (χ3n) is 7.53. The van der Waals surface area contributed by atoms with Crippen LogP contribution in [0.2, 0.25) is 0 Å². The number of H-pyrrole nitrogens is 1. The lowest BCUT2D eigenvalue weighted by molar-refractivity contribution is 0.0554. The van der Waals surface area contributed by atoms with E-state index >= 15 is 0 Å². The second kappa shape index (κ2) is 5.13. The molecule has 0 spiro atoms. The first-order chi connectivity index (χ1) is 13.0. The highest BCUT2D eigenvalue weighted by atomic mass is 32.2. The minimum atomic E-state index is -2.89. The number of imidazole rings is 1. The van der Waals surface area contributed by atoms with E-state index in [-0.39, 0.29) is 16.1 Å². The molecule has 0 saturated heterocycles. The summed E-state index contributed by atoms with van der Waals surface area (Å²) >= 11 is 0. The monoisotopic (exact) mass is 384 g/mol. The molecule has 4 aliphatic rings. The van der Waals surface area contributed by atoms with Gasteiger partial charge in [-0.05, 0) is 62.8 Å². The average molecular weight is 385 g/mol. The molecular formula is C20H24N4O2S. The van der Waals surface area contributed by atoms with Crippen LogP contribution in [0.25, 0.3) is 16.8 Å². The van der Waals surface area contributed by atoms with Gasteiger partial charge in [-0.3, -0.25) is 4.40 Å². The Kier molecular flexibility index (Phi) is 3.06. The smallest absolute Gasteiger partial charge is 0.156 e. The molecule has 7 rings (SSSR count). The molecule has 1 N–H and O–H groups in total. The molecule has 4 fully saturated rings. The van der Waals surface area contributed by atoms with Gasteiger partial charge in [-0.1, -0.05) is 0 Å². The fraction of sp³-hybridized carbons (Fsp3) is 0.600. The maximum absolute atomic E-state index is 12.6. The predicted molar refractivity (Wildman–Crippen MR) is 103 cm³/mol. The Hall–Kier alpha value is -1.89. The summed E-state index contributed by atoms with van der Waals surface area (Å²) in [5.74, 6) is 0.417. The highest BCUT2D eigenvalue weighted by Crippen LogP contribution is 2.58. The van der Waals surface area contributed by atoms with E-state index in [9.17, 15) is 8.42 Å². The summed E-state index contributed by atoms with van der Waals surface area (Å²) in [6, 6.07) is 2.06. The fourth-order valence-corrected chi connectivity index (χ4v) is 8.06. The number of nitrogens with one attached hydrogen (secondary N) is 1. The minimum Gasteiger partial charge on any atom is -0.345 e. The first kappa shape index (κ1) is 16.1. The van der Waals surface area contributed by atoms with Gasteiger partial charge in [-0.25, -0.2) is 18.4 Å². The minimum absolute atomic E-state index is 0.0224. The summed E-state index contributed by atoms with van der Waals surface area (Å²) in [7, 11) is -2.89. The number of hydrogen-bond acceptors (Lipinski definition) is 4. The molecule has 2 bridgehead atoms. The van der Waals surface area contributed by atoms with Gasteiger partial charge in [-0.15, -0.1) is 0 Å². The number of hydrogen-bond donors (Lipinski definition) is 1. The van der Waals surface area contributed by atoms with Crippen molar-refractivity contribution in [3.05, 3.63) is 30.4 Å². The quantitative estimate of drug-likeness (QED) is 0.748. The van der Waals surface area contributed by atoms with E-state index in [2.05, 4.69) is 25.4 Å². The van der Waals surface area contributed by atoms with Gasteiger partial charge < -0.3 is 4.98 Å². The van der Waals surface area contributed by atoms with Gasteiger partial charge >= 0.3 is 0 Å². The third-order valence-corrected chi connectivity index (χ3v) is 10.0. The molecule has 142 valence electrons. The van der Waals surface area contributed by atoms with Crippen molar-refractivity contribution in [1.29, 1.82) is 0 Å². The summed E-state index contributed by atoms with van der Waals surface area (Å²) in [5, 5.41) is -0.0337. The third kappa shape index (κ3) is 2.27. The number of fused-ring (bicyclic) bond motifs is 6. The second-order valence-electron chi connectivity index (χ2n) is 9.09. The van der Waals surface area contributed by atoms with Gasteiger partial charge in [0.15, 0.2) is 21.1 Å². The number of aromatic amines is 1. The molecular weight excluding hydrogens is 360 g/mol. The largest absolute Gasteiger partial charge is 0.345 e. The fourth-order valence-electron chi connectivity index (χ4n) is 5.68. The average Bonchev–Trinajstić information content (AvgIpc) is 3.27. The lowest BCUT2D eigenvalue weighted by Crippen LogP contribution is -2.48. The molecule has 0 aliphatic heterocycles. The zero-order valence-corrected chi connectivity index (χ0v) is 16.1. The van der Waals surface area contributed by atoms with Crippen LogP contribution in [0.3, 0.4) is 0 Å². The van der Waals surface area contributed by atoms with E-state index in [0.717, 1.165) is 68.2 Å². The first-order valence-corrected chi connectivity index (χ1v) is 11.7. The van der Waals surface area contributed by atoms with Gasteiger partial charge in [0, 0.05) is 23.5 Å². The molecule has 0 aromatic carbocycles. The number of nitrogens with zero attached hydrogens (tertiary/aromatic N) is 3. The maximum atomic E-state index is 12.6. The SMILES string of the molecule is O=S(=O)(CC12CCC(c3cnc4cnc5[nH]ccc5n34)(CC1)CC2)C1CC1. The van der Waals surface area contributed by atoms with Crippen molar-refractivity contribution in [3.63, 3.8) is 0 Å². The normalized spacial score (nSPS) is 31.1. The van der Waals surface area contributed by atoms with Crippen LogP contribution in [-0.4, -0.2) is 38.8 Å². The molecule has 0 unspecified atom stereocenters. The summed E-state index contributed by atoms with van der Waals surface area (Å²) in [6.07, 6.45) is 13.8. The number of aromatic nitrogens is 4. The molecule has 0 atom stereocenters. The second-order valence-corrected chi connectivity index (χ2v) is 11.4. The Morgan fingerprint density at radius 2 is 1.81 bits per heavy atom. The zero-order valence-electron chi connectivity index (χ0n) is 15.3. The van der Waals surface area contributed by atoms with Crippen LogP contribution in [0.5, 0.6) is 0 Å². The molecule has 3 aromatic heterocycles. The Bertz CT molecular complexity index is 1130. The first-order valence-electron chi connectivity index (χ1n) is 10.0. The topological polar surface area (TPSA) is 80.1 Å². The van der Waals surface area contributed by atoms with Gasteiger partial charge in [0.2, 0.25) is 0 Å². The van der Waals surface area contributed by atoms with Crippen LogP contribution in [0.4, 0.5) is 0 Å². The molecule has 27 heavy (non-hydrogen) atoms. The predicted octanol–water partition coefficient (Wildman–Crippen LogP) is 3.38. The van der Waals surface area contributed by atoms with Crippen LogP contribution in [-0.2, 0) is 15.3 Å². The van der Waals surface area contributed by atoms with E-state index in [1.54, 1.807) is 0 Å². The van der Waals surface area contributed by atoms with E-state index in [4.69, 9.17) is 0 Å². The van der Waals surface area contributed by atoms with Crippen molar-refractivity contribution in [1.82, 2.24) is 19.4 Å². The van der Waals surface area contributed by atoms with Crippen LogP contribution in [0.15, 0.2) is 24.7 Å². The van der Waals surface area contributed by atoms with Gasteiger partial charge in [0.1, 0.15) is 0 Å². The van der Waals surface area contributed by atoms with Crippen LogP contribution in [0.1, 0.15) is 57.1 Å². The Morgan fingerprint density at radius 1 is 1.07 bits per heavy atom. The standard InChI is InChI=1S/C20H24N4O2S/c25-27(26,14-1-2-14)13-19-4-7-20(8-5-19,9-6-19)16-11-22-17-12-23-18-15(24(16)17)3-10-21-18/h3,10-12,14,21H,1-2,4-9,13H2. The van der Waals surface area contributed by atoms with Gasteiger partial charge in [-0.2, -0.15) is 0 Å². The van der Waals surface area contributed by atoms with E-state index < -0.39 is 9.84 Å². The summed E-state index contributed by atoms with van der Waals surface area (Å²) in [5.41, 5.74) is 4.28. The summed E-state index contributed by atoms with van der Waals surface area (Å²) in [4.78, 5) is 12.3. The lowest BCUT2D eigenvalue weighted by atomic mass is 9.53. The Labute approximate surface area is 158 Å². The van der Waals surface area contributed by atoms with Crippen molar-refractivity contribution in [3.8, 4) is 0 Å². The van der Waals surface area contributed by atoms with Crippen LogP contribution in [0, 0.1) is 5.41 Å². The molecule has 4 saturated carbocycles. The van der Waals surface area contributed by atoms with Crippen molar-refractivity contribution in [2.45, 2.75) is 62.0 Å². The van der Waals surface area contributed by atoms with Crippen molar-refractivity contribution in [2.75, 3.05) is 5.75 Å². The van der Waals surface area contributed by atoms with Crippen LogP contribution >= 0.6 is 0 Å².